The second-order valence-electron chi connectivity index (χ2n) is 4.90. The number of carbonyl (C=O) groups is 2. The van der Waals surface area contributed by atoms with Gasteiger partial charge >= 0.3 is 5.97 Å². The molecule has 2 aromatic rings. The van der Waals surface area contributed by atoms with E-state index in [-0.39, 0.29) is 18.6 Å². The number of rotatable bonds is 5. The van der Waals surface area contributed by atoms with Crippen LogP contribution in [0.25, 0.3) is 0 Å². The summed E-state index contributed by atoms with van der Waals surface area (Å²) in [5.41, 5.74) is 7.45. The number of amides is 1. The maximum Gasteiger partial charge on any atom is 0.338 e. The van der Waals surface area contributed by atoms with Crippen molar-refractivity contribution in [1.82, 2.24) is 5.32 Å². The van der Waals surface area contributed by atoms with Gasteiger partial charge < -0.3 is 15.8 Å². The van der Waals surface area contributed by atoms with Crippen molar-refractivity contribution < 1.29 is 14.3 Å². The van der Waals surface area contributed by atoms with Gasteiger partial charge in [0, 0.05) is 5.69 Å². The molecule has 0 saturated heterocycles. The molecule has 0 spiro atoms. The molecular weight excluding hydrogens is 280 g/mol. The molecule has 22 heavy (non-hydrogen) atoms. The average molecular weight is 298 g/mol. The molecule has 1 atom stereocenters. The minimum atomic E-state index is -0.553. The van der Waals surface area contributed by atoms with Gasteiger partial charge in [-0.3, -0.25) is 4.79 Å². The van der Waals surface area contributed by atoms with Crippen molar-refractivity contribution in [2.45, 2.75) is 13.0 Å². The van der Waals surface area contributed by atoms with Crippen LogP contribution in [0, 0.1) is 0 Å². The molecule has 0 aliphatic heterocycles. The fourth-order valence-corrected chi connectivity index (χ4v) is 1.94. The highest BCUT2D eigenvalue weighted by molar-refractivity contribution is 5.91. The van der Waals surface area contributed by atoms with Gasteiger partial charge in [0.05, 0.1) is 11.6 Å². The second-order valence-corrected chi connectivity index (χ2v) is 4.90. The fraction of sp³-hybridized carbons (Fsp3) is 0.176. The highest BCUT2D eigenvalue weighted by Crippen LogP contribution is 2.11. The molecule has 0 aliphatic carbocycles. The van der Waals surface area contributed by atoms with Gasteiger partial charge in [-0.15, -0.1) is 0 Å². The van der Waals surface area contributed by atoms with E-state index >= 15 is 0 Å². The van der Waals surface area contributed by atoms with Crippen LogP contribution in [0.5, 0.6) is 0 Å². The number of ether oxygens (including phenoxy) is 1. The zero-order chi connectivity index (χ0) is 15.9. The predicted molar refractivity (Wildman–Crippen MR) is 84.1 cm³/mol. The highest BCUT2D eigenvalue weighted by Gasteiger charge is 2.12. The van der Waals surface area contributed by atoms with E-state index in [2.05, 4.69) is 5.32 Å². The Hall–Kier alpha value is -2.82. The van der Waals surface area contributed by atoms with E-state index in [1.165, 1.54) is 0 Å². The molecule has 2 rings (SSSR count). The molecule has 0 fully saturated rings. The maximum atomic E-state index is 11.8. The van der Waals surface area contributed by atoms with E-state index in [0.717, 1.165) is 5.56 Å². The van der Waals surface area contributed by atoms with Crippen LogP contribution in [0.2, 0.25) is 0 Å². The quantitative estimate of drug-likeness (QED) is 0.655. The van der Waals surface area contributed by atoms with Crippen LogP contribution in [0.1, 0.15) is 28.9 Å². The highest BCUT2D eigenvalue weighted by atomic mass is 16.5. The van der Waals surface area contributed by atoms with Crippen molar-refractivity contribution in [3.05, 3.63) is 65.7 Å². The van der Waals surface area contributed by atoms with Gasteiger partial charge in [-0.25, -0.2) is 4.79 Å². The van der Waals surface area contributed by atoms with Crippen molar-refractivity contribution in [2.75, 3.05) is 12.3 Å². The third kappa shape index (κ3) is 4.34. The van der Waals surface area contributed by atoms with Crippen molar-refractivity contribution in [3.63, 3.8) is 0 Å². The number of carbonyl (C=O) groups excluding carboxylic acids is 2. The number of nitrogens with two attached hydrogens (primary N) is 1. The summed E-state index contributed by atoms with van der Waals surface area (Å²) in [5.74, 6) is -0.900. The molecule has 0 heterocycles. The van der Waals surface area contributed by atoms with E-state index in [4.69, 9.17) is 10.5 Å². The monoisotopic (exact) mass is 298 g/mol. The van der Waals surface area contributed by atoms with E-state index in [1.807, 2.05) is 37.3 Å². The molecule has 5 heteroatoms. The topological polar surface area (TPSA) is 81.4 Å². The lowest BCUT2D eigenvalue weighted by Crippen LogP contribution is -2.31. The molecule has 0 unspecified atom stereocenters. The number of esters is 1. The lowest BCUT2D eigenvalue weighted by Gasteiger charge is -2.14. The lowest BCUT2D eigenvalue weighted by molar-refractivity contribution is -0.124. The Morgan fingerprint density at radius 2 is 1.73 bits per heavy atom. The van der Waals surface area contributed by atoms with Gasteiger partial charge in [0.25, 0.3) is 5.91 Å². The zero-order valence-corrected chi connectivity index (χ0v) is 12.3. The van der Waals surface area contributed by atoms with Gasteiger partial charge in [0.15, 0.2) is 6.61 Å². The maximum absolute atomic E-state index is 11.8. The summed E-state index contributed by atoms with van der Waals surface area (Å²) in [4.78, 5) is 23.6. The Labute approximate surface area is 129 Å². The van der Waals surface area contributed by atoms with Gasteiger partial charge in [-0.1, -0.05) is 30.3 Å². The van der Waals surface area contributed by atoms with Crippen LogP contribution >= 0.6 is 0 Å². The van der Waals surface area contributed by atoms with Crippen LogP contribution in [0.15, 0.2) is 54.6 Å². The molecule has 5 nitrogen and oxygen atoms in total. The summed E-state index contributed by atoms with van der Waals surface area (Å²) in [6.45, 7) is 1.55. The van der Waals surface area contributed by atoms with Gasteiger partial charge in [-0.05, 0) is 36.8 Å². The van der Waals surface area contributed by atoms with Gasteiger partial charge in [0.1, 0.15) is 0 Å². The number of anilines is 1. The summed E-state index contributed by atoms with van der Waals surface area (Å²) in [5, 5.41) is 2.78. The Morgan fingerprint density at radius 1 is 1.09 bits per heavy atom. The van der Waals surface area contributed by atoms with Crippen molar-refractivity contribution in [1.29, 1.82) is 0 Å². The summed E-state index contributed by atoms with van der Waals surface area (Å²) >= 11 is 0. The molecule has 0 radical (unpaired) electrons. The van der Waals surface area contributed by atoms with Crippen molar-refractivity contribution in [3.8, 4) is 0 Å². The number of hydrogen-bond donors (Lipinski definition) is 2. The minimum Gasteiger partial charge on any atom is -0.452 e. The Kier molecular flexibility index (Phi) is 5.14. The molecule has 0 bridgehead atoms. The van der Waals surface area contributed by atoms with E-state index < -0.39 is 5.97 Å². The second kappa shape index (κ2) is 7.26. The zero-order valence-electron chi connectivity index (χ0n) is 12.3. The van der Waals surface area contributed by atoms with Crippen LogP contribution in [-0.2, 0) is 9.53 Å². The predicted octanol–water partition coefficient (Wildman–Crippen LogP) is 2.30. The first-order valence-corrected chi connectivity index (χ1v) is 6.93. The van der Waals surface area contributed by atoms with Gasteiger partial charge in [0.2, 0.25) is 0 Å². The Balaban J connectivity index is 1.82. The van der Waals surface area contributed by atoms with Crippen LogP contribution in [-0.4, -0.2) is 18.5 Å². The first-order valence-electron chi connectivity index (χ1n) is 6.93. The first kappa shape index (κ1) is 15.6. The van der Waals surface area contributed by atoms with Crippen molar-refractivity contribution >= 4 is 17.6 Å². The molecule has 1 amide bonds. The Morgan fingerprint density at radius 3 is 2.36 bits per heavy atom. The molecule has 0 saturated carbocycles. The summed E-state index contributed by atoms with van der Waals surface area (Å²) in [6, 6.07) is 15.7. The van der Waals surface area contributed by atoms with Gasteiger partial charge in [-0.2, -0.15) is 0 Å². The molecule has 114 valence electrons. The van der Waals surface area contributed by atoms with Crippen LogP contribution in [0.4, 0.5) is 5.69 Å². The van der Waals surface area contributed by atoms with E-state index in [0.29, 0.717) is 11.3 Å². The summed E-state index contributed by atoms with van der Waals surface area (Å²) in [6.07, 6.45) is 0. The average Bonchev–Trinajstić information content (AvgIpc) is 2.54. The van der Waals surface area contributed by atoms with Crippen LogP contribution < -0.4 is 11.1 Å². The third-order valence-corrected chi connectivity index (χ3v) is 3.16. The number of benzene rings is 2. The Bertz CT molecular complexity index is 639. The number of nitrogens with one attached hydrogen (secondary N) is 1. The molecular formula is C17H18N2O3. The fourth-order valence-electron chi connectivity index (χ4n) is 1.94. The van der Waals surface area contributed by atoms with Crippen LogP contribution in [0.3, 0.4) is 0 Å². The SMILES string of the molecule is C[C@H](NC(=O)COC(=O)c1ccc(N)cc1)c1ccccc1. The van der Waals surface area contributed by atoms with Crippen molar-refractivity contribution in [2.24, 2.45) is 0 Å². The summed E-state index contributed by atoms with van der Waals surface area (Å²) in [7, 11) is 0. The molecule has 3 N–H and O–H groups in total. The molecule has 2 aromatic carbocycles. The largest absolute Gasteiger partial charge is 0.452 e. The molecule has 0 aromatic heterocycles. The normalized spacial score (nSPS) is 11.5. The van der Waals surface area contributed by atoms with E-state index in [1.54, 1.807) is 24.3 Å². The lowest BCUT2D eigenvalue weighted by atomic mass is 10.1. The molecule has 0 aliphatic rings. The van der Waals surface area contributed by atoms with E-state index in [9.17, 15) is 9.59 Å². The number of nitrogen functional groups attached to an aromatic ring is 1. The number of hydrogen-bond acceptors (Lipinski definition) is 4. The minimum absolute atomic E-state index is 0.149. The smallest absolute Gasteiger partial charge is 0.338 e. The first-order chi connectivity index (χ1) is 10.6. The third-order valence-electron chi connectivity index (χ3n) is 3.16. The standard InChI is InChI=1S/C17H18N2O3/c1-12(13-5-3-2-4-6-13)19-16(20)11-22-17(21)14-7-9-15(18)10-8-14/h2-10,12H,11,18H2,1H3,(H,19,20)/t12-/m0/s1. The summed E-state index contributed by atoms with van der Waals surface area (Å²) < 4.78 is 4.97.